The molecule has 6 rings (SSSR count). The van der Waals surface area contributed by atoms with Crippen LogP contribution in [0.15, 0.2) is 95.6 Å². The summed E-state index contributed by atoms with van der Waals surface area (Å²) in [5.74, 6) is 0.811. The van der Waals surface area contributed by atoms with Gasteiger partial charge in [0, 0.05) is 19.1 Å². The van der Waals surface area contributed by atoms with Crippen molar-refractivity contribution < 1.29 is 41.7 Å². The summed E-state index contributed by atoms with van der Waals surface area (Å²) >= 11 is 0. The zero-order valence-corrected chi connectivity index (χ0v) is 35.3. The first kappa shape index (κ1) is 41.0. The van der Waals surface area contributed by atoms with Crippen molar-refractivity contribution in [3.05, 3.63) is 108 Å². The summed E-state index contributed by atoms with van der Waals surface area (Å²) in [5.41, 5.74) is 1.39. The average molecular weight is 788 g/mol. The van der Waals surface area contributed by atoms with Crippen LogP contribution >= 0.6 is 0 Å². The molecule has 0 amide bonds. The molecule has 10 nitrogen and oxygen atoms in total. The van der Waals surface area contributed by atoms with Gasteiger partial charge in [0.25, 0.3) is 8.32 Å². The minimum Gasteiger partial charge on any atom is -0.497 e. The van der Waals surface area contributed by atoms with Crippen molar-refractivity contribution in [2.24, 2.45) is 0 Å². The molecule has 0 bridgehead atoms. The molecule has 12 heteroatoms. The molecule has 2 saturated heterocycles. The fraction of sp³-hybridized carbons (Fsp3) is 0.488. The standard InChI is InChI=1S/C43H57NO9Si2/c1-43(2,3)55(37-14-10-8-11-15-37,38-16-12-9-13-17-38)49-23-22-33-24-36(53-54(5,6)7)26-34(50-33)25-35-27-41(45)52-42(51-35)39-29-48-40(44-39)30-47-28-31-18-20-32(46-4)21-19-31/h8-21,29,33-36,42H,22-28,30H2,1-7H3/t33-,34-,35+,36+,42+/m0/s1. The molecule has 0 saturated carbocycles. The maximum atomic E-state index is 12.9. The number of ether oxygens (including phenoxy) is 5. The quantitative estimate of drug-likeness (QED) is 0.0823. The zero-order chi connectivity index (χ0) is 39.1. The largest absolute Gasteiger partial charge is 0.497 e. The lowest BCUT2D eigenvalue weighted by Crippen LogP contribution is -2.66. The Bertz CT molecular complexity index is 1750. The third-order valence-electron chi connectivity index (χ3n) is 10.1. The Hall–Kier alpha value is -3.63. The highest BCUT2D eigenvalue weighted by atomic mass is 28.4. The summed E-state index contributed by atoms with van der Waals surface area (Å²) < 4.78 is 49.3. The van der Waals surface area contributed by atoms with Gasteiger partial charge in [-0.2, -0.15) is 0 Å². The third kappa shape index (κ3) is 10.8. The number of cyclic esters (lactones) is 1. The SMILES string of the molecule is COc1ccc(COCc2nc([C@H]3OC(=O)C[C@@H](C[C@H]4C[C@H](O[Si](C)(C)C)C[C@H](CCO[Si](c5ccccc5)(c5ccccc5)C(C)(C)C)O4)O3)co2)cc1. The van der Waals surface area contributed by atoms with E-state index in [1.54, 1.807) is 7.11 Å². The molecule has 0 aliphatic carbocycles. The Labute approximate surface area is 328 Å². The summed E-state index contributed by atoms with van der Waals surface area (Å²) in [6, 6.07) is 29.1. The van der Waals surface area contributed by atoms with E-state index in [0.29, 0.717) is 31.2 Å². The Morgan fingerprint density at radius 1 is 0.818 bits per heavy atom. The number of esters is 1. The number of aromatic nitrogens is 1. The van der Waals surface area contributed by atoms with Crippen LogP contribution in [0.25, 0.3) is 0 Å². The van der Waals surface area contributed by atoms with E-state index >= 15 is 0 Å². The number of rotatable bonds is 16. The number of carbonyl (C=O) groups excluding carboxylic acids is 1. The molecule has 296 valence electrons. The van der Waals surface area contributed by atoms with Gasteiger partial charge in [0.1, 0.15) is 24.3 Å². The number of hydrogen-bond acceptors (Lipinski definition) is 10. The van der Waals surface area contributed by atoms with Crippen molar-refractivity contribution >= 4 is 33.0 Å². The molecule has 0 spiro atoms. The molecule has 3 aromatic carbocycles. The molecule has 55 heavy (non-hydrogen) atoms. The van der Waals surface area contributed by atoms with Crippen LogP contribution in [-0.4, -0.2) is 65.7 Å². The van der Waals surface area contributed by atoms with E-state index < -0.39 is 29.0 Å². The van der Waals surface area contributed by atoms with E-state index in [1.165, 1.54) is 16.6 Å². The summed E-state index contributed by atoms with van der Waals surface area (Å²) in [7, 11) is -2.90. The van der Waals surface area contributed by atoms with Gasteiger partial charge in [-0.05, 0) is 72.0 Å². The van der Waals surface area contributed by atoms with Crippen molar-refractivity contribution in [2.45, 2.75) is 121 Å². The van der Waals surface area contributed by atoms with E-state index in [1.807, 2.05) is 24.3 Å². The molecule has 0 unspecified atom stereocenters. The monoisotopic (exact) mass is 787 g/mol. The molecular weight excluding hydrogens is 731 g/mol. The zero-order valence-electron chi connectivity index (χ0n) is 33.3. The van der Waals surface area contributed by atoms with Crippen LogP contribution in [0.3, 0.4) is 0 Å². The molecule has 2 aliphatic rings. The maximum absolute atomic E-state index is 12.9. The van der Waals surface area contributed by atoms with Gasteiger partial charge in [-0.15, -0.1) is 0 Å². The Morgan fingerprint density at radius 3 is 2.09 bits per heavy atom. The van der Waals surface area contributed by atoms with Crippen LogP contribution in [-0.2, 0) is 45.8 Å². The number of methoxy groups -OCH3 is 1. The predicted octanol–water partition coefficient (Wildman–Crippen LogP) is 7.86. The van der Waals surface area contributed by atoms with E-state index in [0.717, 1.165) is 30.6 Å². The summed E-state index contributed by atoms with van der Waals surface area (Å²) in [6.07, 6.45) is 2.80. The highest BCUT2D eigenvalue weighted by molar-refractivity contribution is 6.99. The van der Waals surface area contributed by atoms with Crippen LogP contribution in [0.2, 0.25) is 24.7 Å². The van der Waals surface area contributed by atoms with Crippen LogP contribution in [0.5, 0.6) is 5.75 Å². The van der Waals surface area contributed by atoms with Crippen LogP contribution < -0.4 is 15.1 Å². The van der Waals surface area contributed by atoms with Crippen LogP contribution in [0.1, 0.15) is 76.3 Å². The highest BCUT2D eigenvalue weighted by Crippen LogP contribution is 2.38. The van der Waals surface area contributed by atoms with Gasteiger partial charge in [-0.1, -0.05) is 93.6 Å². The number of nitrogens with zero attached hydrogens (tertiary/aromatic N) is 1. The van der Waals surface area contributed by atoms with E-state index in [9.17, 15) is 4.79 Å². The first-order chi connectivity index (χ1) is 26.3. The normalized spacial score (nSPS) is 22.3. The van der Waals surface area contributed by atoms with Gasteiger partial charge < -0.3 is 37.0 Å². The molecule has 1 aromatic heterocycles. The van der Waals surface area contributed by atoms with Gasteiger partial charge in [-0.25, -0.2) is 4.98 Å². The number of benzene rings is 3. The fourth-order valence-electron chi connectivity index (χ4n) is 7.75. The predicted molar refractivity (Wildman–Crippen MR) is 215 cm³/mol. The van der Waals surface area contributed by atoms with Crippen LogP contribution in [0.4, 0.5) is 0 Å². The number of oxazole rings is 1. The number of hydrogen-bond donors (Lipinski definition) is 0. The van der Waals surface area contributed by atoms with Gasteiger partial charge >= 0.3 is 5.97 Å². The lowest BCUT2D eigenvalue weighted by molar-refractivity contribution is -0.226. The van der Waals surface area contributed by atoms with Crippen LogP contribution in [0, 0.1) is 0 Å². The minimum absolute atomic E-state index is 0.0469. The van der Waals surface area contributed by atoms with E-state index in [2.05, 4.69) is 106 Å². The third-order valence-corrected chi connectivity index (χ3v) is 16.2. The smallest absolute Gasteiger partial charge is 0.311 e. The second kappa shape index (κ2) is 18.1. The van der Waals surface area contributed by atoms with Crippen molar-refractivity contribution in [3.63, 3.8) is 0 Å². The van der Waals surface area contributed by atoms with Crippen molar-refractivity contribution in [2.75, 3.05) is 13.7 Å². The fourth-order valence-corrected chi connectivity index (χ4v) is 13.5. The number of carbonyl (C=O) groups is 1. The first-order valence-electron chi connectivity index (χ1n) is 19.4. The Morgan fingerprint density at radius 2 is 1.47 bits per heavy atom. The lowest BCUT2D eigenvalue weighted by atomic mass is 9.95. The lowest BCUT2D eigenvalue weighted by Gasteiger charge is -2.44. The molecule has 5 atom stereocenters. The van der Waals surface area contributed by atoms with E-state index in [4.69, 9.17) is 37.0 Å². The Kier molecular flexibility index (Phi) is 13.5. The maximum Gasteiger partial charge on any atom is 0.311 e. The average Bonchev–Trinajstić information content (AvgIpc) is 3.62. The molecule has 3 heterocycles. The summed E-state index contributed by atoms with van der Waals surface area (Å²) in [5, 5.41) is 2.40. The van der Waals surface area contributed by atoms with Gasteiger partial charge in [0.05, 0.1) is 38.4 Å². The van der Waals surface area contributed by atoms with Crippen molar-refractivity contribution in [1.29, 1.82) is 0 Å². The van der Waals surface area contributed by atoms with E-state index in [-0.39, 0.29) is 42.3 Å². The molecule has 2 aliphatic heterocycles. The molecule has 0 radical (unpaired) electrons. The Balaban J connectivity index is 1.10. The van der Waals surface area contributed by atoms with Gasteiger partial charge in [0.15, 0.2) is 8.32 Å². The highest BCUT2D eigenvalue weighted by Gasteiger charge is 2.50. The summed E-state index contributed by atoms with van der Waals surface area (Å²) in [4.78, 5) is 17.4. The van der Waals surface area contributed by atoms with Crippen molar-refractivity contribution in [3.8, 4) is 5.75 Å². The molecular formula is C43H57NO9Si2. The minimum atomic E-state index is -2.69. The first-order valence-corrected chi connectivity index (χ1v) is 24.7. The summed E-state index contributed by atoms with van der Waals surface area (Å²) in [6.45, 7) is 14.6. The molecule has 4 aromatic rings. The van der Waals surface area contributed by atoms with Crippen molar-refractivity contribution in [1.82, 2.24) is 4.98 Å². The molecule has 0 N–H and O–H groups in total. The topological polar surface area (TPSA) is 108 Å². The van der Waals surface area contributed by atoms with Gasteiger partial charge in [-0.3, -0.25) is 4.79 Å². The van der Waals surface area contributed by atoms with Gasteiger partial charge in [0.2, 0.25) is 12.2 Å². The second-order valence-corrected chi connectivity index (χ2v) is 25.3. The molecule has 2 fully saturated rings. The second-order valence-electron chi connectivity index (χ2n) is 16.5.